The Labute approximate surface area is 123 Å². The van der Waals surface area contributed by atoms with Crippen molar-refractivity contribution >= 4 is 17.5 Å². The summed E-state index contributed by atoms with van der Waals surface area (Å²) < 4.78 is 5.10. The number of carbonyl (C=O) groups excluding carboxylic acids is 1. The number of benzene rings is 1. The monoisotopic (exact) mass is 292 g/mol. The molecule has 0 N–H and O–H groups in total. The van der Waals surface area contributed by atoms with Crippen molar-refractivity contribution in [1.82, 2.24) is 10.1 Å². The molecular weight excluding hydrogens is 276 g/mol. The summed E-state index contributed by atoms with van der Waals surface area (Å²) in [5, 5.41) is 4.57. The van der Waals surface area contributed by atoms with Gasteiger partial charge in [0.05, 0.1) is 18.7 Å². The second-order valence-electron chi connectivity index (χ2n) is 4.86. The third kappa shape index (κ3) is 3.39. The zero-order chi connectivity index (χ0) is 14.7. The predicted molar refractivity (Wildman–Crippen MR) is 77.6 cm³/mol. The van der Waals surface area contributed by atoms with Crippen LogP contribution in [0.4, 0.5) is 0 Å². The highest BCUT2D eigenvalue weighted by Gasteiger charge is 2.15. The molecule has 20 heavy (non-hydrogen) atoms. The fraction of sp³-hybridized carbons (Fsp3) is 0.333. The number of amides is 1. The Hall–Kier alpha value is -1.81. The van der Waals surface area contributed by atoms with Crippen LogP contribution in [-0.4, -0.2) is 23.0 Å². The van der Waals surface area contributed by atoms with Crippen LogP contribution in [0.15, 0.2) is 28.8 Å². The molecule has 4 nitrogen and oxygen atoms in total. The molecule has 1 aromatic carbocycles. The van der Waals surface area contributed by atoms with Gasteiger partial charge in [0.15, 0.2) is 0 Å². The lowest BCUT2D eigenvalue weighted by atomic mass is 10.1. The lowest BCUT2D eigenvalue weighted by Gasteiger charge is -2.17. The molecule has 1 amide bonds. The molecule has 0 fully saturated rings. The lowest BCUT2D eigenvalue weighted by Crippen LogP contribution is -2.28. The van der Waals surface area contributed by atoms with E-state index >= 15 is 0 Å². The van der Waals surface area contributed by atoms with E-state index in [0.717, 1.165) is 22.6 Å². The summed E-state index contributed by atoms with van der Waals surface area (Å²) in [5.41, 5.74) is 2.75. The molecule has 2 rings (SSSR count). The first-order chi connectivity index (χ1) is 9.47. The fourth-order valence-corrected chi connectivity index (χ4v) is 2.09. The molecule has 1 heterocycles. The van der Waals surface area contributed by atoms with Crippen molar-refractivity contribution in [2.45, 2.75) is 26.8 Å². The first-order valence-electron chi connectivity index (χ1n) is 6.37. The van der Waals surface area contributed by atoms with E-state index in [4.69, 9.17) is 16.1 Å². The van der Waals surface area contributed by atoms with Crippen LogP contribution in [0.2, 0.25) is 5.02 Å². The normalized spacial score (nSPS) is 10.6. The Morgan fingerprint density at radius 2 is 1.95 bits per heavy atom. The van der Waals surface area contributed by atoms with Crippen molar-refractivity contribution < 1.29 is 9.32 Å². The summed E-state index contributed by atoms with van der Waals surface area (Å²) >= 11 is 5.83. The van der Waals surface area contributed by atoms with Gasteiger partial charge in [-0.05, 0) is 31.5 Å². The minimum atomic E-state index is 0.0484. The molecule has 0 aliphatic carbocycles. The van der Waals surface area contributed by atoms with Gasteiger partial charge in [0.25, 0.3) is 0 Å². The van der Waals surface area contributed by atoms with Crippen molar-refractivity contribution in [3.8, 4) is 0 Å². The average Bonchev–Trinajstić information content (AvgIpc) is 2.73. The van der Waals surface area contributed by atoms with E-state index < -0.39 is 0 Å². The highest BCUT2D eigenvalue weighted by molar-refractivity contribution is 6.30. The Kier molecular flexibility index (Phi) is 4.45. The molecule has 106 valence electrons. The molecule has 0 aliphatic heterocycles. The first-order valence-corrected chi connectivity index (χ1v) is 6.75. The zero-order valence-electron chi connectivity index (χ0n) is 11.8. The minimum absolute atomic E-state index is 0.0484. The highest BCUT2D eigenvalue weighted by atomic mass is 35.5. The molecule has 0 unspecified atom stereocenters. The molecule has 0 spiro atoms. The molecule has 5 heteroatoms. The van der Waals surface area contributed by atoms with Crippen molar-refractivity contribution in [2.75, 3.05) is 7.05 Å². The van der Waals surface area contributed by atoms with Crippen LogP contribution in [0, 0.1) is 13.8 Å². The summed E-state index contributed by atoms with van der Waals surface area (Å²) in [7, 11) is 1.78. The van der Waals surface area contributed by atoms with Crippen LogP contribution in [0.5, 0.6) is 0 Å². The van der Waals surface area contributed by atoms with Gasteiger partial charge in [-0.1, -0.05) is 28.9 Å². The van der Waals surface area contributed by atoms with Gasteiger partial charge in [0, 0.05) is 17.6 Å². The Bertz CT molecular complexity index is 585. The Morgan fingerprint density at radius 3 is 2.50 bits per heavy atom. The van der Waals surface area contributed by atoms with Gasteiger partial charge in [-0.15, -0.1) is 0 Å². The minimum Gasteiger partial charge on any atom is -0.361 e. The molecule has 1 aromatic heterocycles. The topological polar surface area (TPSA) is 46.3 Å². The number of nitrogens with zero attached hydrogens (tertiary/aromatic N) is 2. The predicted octanol–water partition coefficient (Wildman–Crippen LogP) is 3.15. The number of likely N-dealkylation sites (N-methyl/N-ethyl adjacent to an activating group) is 1. The SMILES string of the molecule is Cc1noc(C)c1CN(C)C(=O)Cc1ccc(Cl)cc1. The lowest BCUT2D eigenvalue weighted by molar-refractivity contribution is -0.129. The number of aryl methyl sites for hydroxylation is 2. The van der Waals surface area contributed by atoms with E-state index in [1.165, 1.54) is 0 Å². The Morgan fingerprint density at radius 1 is 1.30 bits per heavy atom. The standard InChI is InChI=1S/C15H17ClN2O2/c1-10-14(11(2)20-17-10)9-18(3)15(19)8-12-4-6-13(16)7-5-12/h4-7H,8-9H2,1-3H3. The average molecular weight is 293 g/mol. The molecule has 0 radical (unpaired) electrons. The Balaban J connectivity index is 2.00. The van der Waals surface area contributed by atoms with Crippen LogP contribution in [-0.2, 0) is 17.8 Å². The van der Waals surface area contributed by atoms with E-state index in [9.17, 15) is 4.79 Å². The van der Waals surface area contributed by atoms with Gasteiger partial charge in [0.2, 0.25) is 5.91 Å². The molecule has 2 aromatic rings. The van der Waals surface area contributed by atoms with Crippen LogP contribution in [0.1, 0.15) is 22.6 Å². The second-order valence-corrected chi connectivity index (χ2v) is 5.29. The molecule has 0 bridgehead atoms. The van der Waals surface area contributed by atoms with E-state index in [0.29, 0.717) is 18.0 Å². The zero-order valence-corrected chi connectivity index (χ0v) is 12.6. The third-order valence-electron chi connectivity index (χ3n) is 3.27. The van der Waals surface area contributed by atoms with E-state index in [2.05, 4.69) is 5.16 Å². The smallest absolute Gasteiger partial charge is 0.227 e. The number of carbonyl (C=O) groups is 1. The van der Waals surface area contributed by atoms with Crippen LogP contribution in [0.3, 0.4) is 0 Å². The molecular formula is C15H17ClN2O2. The molecule has 0 atom stereocenters. The largest absolute Gasteiger partial charge is 0.361 e. The maximum atomic E-state index is 12.2. The highest BCUT2D eigenvalue weighted by Crippen LogP contribution is 2.15. The third-order valence-corrected chi connectivity index (χ3v) is 3.52. The molecule has 0 saturated carbocycles. The van der Waals surface area contributed by atoms with Crippen molar-refractivity contribution in [3.63, 3.8) is 0 Å². The fourth-order valence-electron chi connectivity index (χ4n) is 1.96. The quantitative estimate of drug-likeness (QED) is 0.869. The van der Waals surface area contributed by atoms with Gasteiger partial charge in [-0.25, -0.2) is 0 Å². The van der Waals surface area contributed by atoms with E-state index in [1.54, 1.807) is 24.1 Å². The van der Waals surface area contributed by atoms with E-state index in [1.807, 2.05) is 26.0 Å². The summed E-state index contributed by atoms with van der Waals surface area (Å²) in [4.78, 5) is 13.9. The first kappa shape index (κ1) is 14.6. The number of rotatable bonds is 4. The van der Waals surface area contributed by atoms with Gasteiger partial charge in [0.1, 0.15) is 5.76 Å². The maximum Gasteiger partial charge on any atom is 0.227 e. The number of hydrogen-bond donors (Lipinski definition) is 0. The molecule has 0 aliphatic rings. The van der Waals surface area contributed by atoms with Crippen molar-refractivity contribution in [1.29, 1.82) is 0 Å². The van der Waals surface area contributed by atoms with Crippen LogP contribution < -0.4 is 0 Å². The van der Waals surface area contributed by atoms with Gasteiger partial charge in [-0.2, -0.15) is 0 Å². The maximum absolute atomic E-state index is 12.2. The number of aromatic nitrogens is 1. The van der Waals surface area contributed by atoms with Crippen LogP contribution >= 0.6 is 11.6 Å². The summed E-state index contributed by atoms with van der Waals surface area (Å²) in [5.74, 6) is 0.806. The summed E-state index contributed by atoms with van der Waals surface area (Å²) in [6.07, 6.45) is 0.358. The second kappa shape index (κ2) is 6.09. The summed E-state index contributed by atoms with van der Waals surface area (Å²) in [6.45, 7) is 4.24. The van der Waals surface area contributed by atoms with Crippen LogP contribution in [0.25, 0.3) is 0 Å². The van der Waals surface area contributed by atoms with Gasteiger partial charge >= 0.3 is 0 Å². The van der Waals surface area contributed by atoms with E-state index in [-0.39, 0.29) is 5.91 Å². The van der Waals surface area contributed by atoms with Crippen molar-refractivity contribution in [2.24, 2.45) is 0 Å². The van der Waals surface area contributed by atoms with Gasteiger partial charge in [-0.3, -0.25) is 4.79 Å². The number of halogens is 1. The molecule has 0 saturated heterocycles. The van der Waals surface area contributed by atoms with Gasteiger partial charge < -0.3 is 9.42 Å². The van der Waals surface area contributed by atoms with Crippen molar-refractivity contribution in [3.05, 3.63) is 51.9 Å². The number of hydrogen-bond acceptors (Lipinski definition) is 3. The summed E-state index contributed by atoms with van der Waals surface area (Å²) in [6, 6.07) is 7.31.